The van der Waals surface area contributed by atoms with Crippen LogP contribution in [-0.2, 0) is 11.2 Å². The van der Waals surface area contributed by atoms with Crippen molar-refractivity contribution < 1.29 is 9.59 Å². The van der Waals surface area contributed by atoms with Crippen molar-refractivity contribution >= 4 is 11.8 Å². The second-order valence-corrected chi connectivity index (χ2v) is 4.98. The zero-order valence-corrected chi connectivity index (χ0v) is 12.0. The van der Waals surface area contributed by atoms with Crippen LogP contribution in [0.4, 0.5) is 0 Å². The lowest BCUT2D eigenvalue weighted by Gasteiger charge is -2.33. The van der Waals surface area contributed by atoms with Gasteiger partial charge in [0, 0.05) is 18.7 Å². The van der Waals surface area contributed by atoms with Gasteiger partial charge in [0.25, 0.3) is 5.91 Å². The highest BCUT2D eigenvalue weighted by atomic mass is 16.2. The lowest BCUT2D eigenvalue weighted by atomic mass is 10.0. The molecule has 0 saturated carbocycles. The van der Waals surface area contributed by atoms with Crippen molar-refractivity contribution in [2.24, 2.45) is 0 Å². The Kier molecular flexibility index (Phi) is 4.74. The van der Waals surface area contributed by atoms with Crippen LogP contribution in [0, 0.1) is 0 Å². The molecular formula is C15H21N3O2. The number of piperazine rings is 1. The highest BCUT2D eigenvalue weighted by Crippen LogP contribution is 2.15. The molecule has 0 bridgehead atoms. The monoisotopic (exact) mass is 275 g/mol. The summed E-state index contributed by atoms with van der Waals surface area (Å²) in [4.78, 5) is 26.0. The molecule has 1 saturated heterocycles. The molecule has 0 aliphatic carbocycles. The summed E-state index contributed by atoms with van der Waals surface area (Å²) in [6, 6.07) is 7.21. The summed E-state index contributed by atoms with van der Waals surface area (Å²) in [6.45, 7) is 3.67. The number of carbonyl (C=O) groups excluding carboxylic acids is 2. The Balaban J connectivity index is 2.22. The van der Waals surface area contributed by atoms with Crippen molar-refractivity contribution in [2.45, 2.75) is 19.4 Å². The van der Waals surface area contributed by atoms with E-state index >= 15 is 0 Å². The molecule has 1 unspecified atom stereocenters. The third kappa shape index (κ3) is 2.99. The number of hydrogen-bond donors (Lipinski definition) is 2. The first-order valence-electron chi connectivity index (χ1n) is 6.96. The fourth-order valence-corrected chi connectivity index (χ4v) is 2.42. The molecule has 2 rings (SSSR count). The van der Waals surface area contributed by atoms with Crippen molar-refractivity contribution in [3.8, 4) is 0 Å². The second-order valence-electron chi connectivity index (χ2n) is 4.98. The number of nitrogens with one attached hydrogen (secondary N) is 2. The third-order valence-electron chi connectivity index (χ3n) is 3.65. The van der Waals surface area contributed by atoms with Gasteiger partial charge in [0.1, 0.15) is 6.04 Å². The molecule has 20 heavy (non-hydrogen) atoms. The molecule has 5 nitrogen and oxygen atoms in total. The summed E-state index contributed by atoms with van der Waals surface area (Å²) in [6.07, 6.45) is 0.798. The molecule has 1 aromatic carbocycles. The topological polar surface area (TPSA) is 61.4 Å². The van der Waals surface area contributed by atoms with E-state index in [1.54, 1.807) is 11.8 Å². The predicted molar refractivity (Wildman–Crippen MR) is 77.6 cm³/mol. The Bertz CT molecular complexity index is 502. The highest BCUT2D eigenvalue weighted by Gasteiger charge is 2.30. The van der Waals surface area contributed by atoms with Gasteiger partial charge in [0.15, 0.2) is 0 Å². The van der Waals surface area contributed by atoms with Gasteiger partial charge in [-0.1, -0.05) is 18.2 Å². The van der Waals surface area contributed by atoms with E-state index in [1.807, 2.05) is 31.3 Å². The van der Waals surface area contributed by atoms with Gasteiger partial charge < -0.3 is 15.5 Å². The van der Waals surface area contributed by atoms with Gasteiger partial charge in [-0.25, -0.2) is 0 Å². The Hall–Kier alpha value is -1.88. The van der Waals surface area contributed by atoms with Crippen LogP contribution in [0.1, 0.15) is 22.8 Å². The lowest BCUT2D eigenvalue weighted by molar-refractivity contribution is -0.127. The standard InChI is InChI=1S/C15H21N3O2/c1-11-14(19)17-9-10-18(11)15(20)13-6-4-3-5-12(13)7-8-16-2/h3-6,11,16H,7-10H2,1-2H3,(H,17,19). The van der Waals surface area contributed by atoms with Crippen LogP contribution in [0.25, 0.3) is 0 Å². The zero-order chi connectivity index (χ0) is 14.5. The van der Waals surface area contributed by atoms with Crippen LogP contribution in [0.15, 0.2) is 24.3 Å². The van der Waals surface area contributed by atoms with Crippen molar-refractivity contribution in [1.82, 2.24) is 15.5 Å². The van der Waals surface area contributed by atoms with E-state index in [1.165, 1.54) is 0 Å². The molecular weight excluding hydrogens is 254 g/mol. The molecule has 1 fully saturated rings. The summed E-state index contributed by atoms with van der Waals surface area (Å²) in [7, 11) is 1.89. The smallest absolute Gasteiger partial charge is 0.254 e. The van der Waals surface area contributed by atoms with E-state index in [2.05, 4.69) is 10.6 Å². The summed E-state index contributed by atoms with van der Waals surface area (Å²) in [5.74, 6) is -0.142. The van der Waals surface area contributed by atoms with Crippen molar-refractivity contribution in [2.75, 3.05) is 26.7 Å². The van der Waals surface area contributed by atoms with E-state index in [-0.39, 0.29) is 11.8 Å². The molecule has 0 radical (unpaired) electrons. The molecule has 2 N–H and O–H groups in total. The number of likely N-dealkylation sites (N-methyl/N-ethyl adjacent to an activating group) is 1. The summed E-state index contributed by atoms with van der Waals surface area (Å²) >= 11 is 0. The quantitative estimate of drug-likeness (QED) is 0.836. The van der Waals surface area contributed by atoms with Gasteiger partial charge in [-0.15, -0.1) is 0 Å². The van der Waals surface area contributed by atoms with E-state index in [0.29, 0.717) is 18.7 Å². The van der Waals surface area contributed by atoms with Crippen LogP contribution in [-0.4, -0.2) is 49.4 Å². The van der Waals surface area contributed by atoms with E-state index in [0.717, 1.165) is 18.5 Å². The van der Waals surface area contributed by atoms with Crippen molar-refractivity contribution in [3.63, 3.8) is 0 Å². The molecule has 1 aliphatic heterocycles. The number of nitrogens with zero attached hydrogens (tertiary/aromatic N) is 1. The molecule has 1 heterocycles. The maximum Gasteiger partial charge on any atom is 0.254 e. The molecule has 1 aromatic rings. The Labute approximate surface area is 119 Å². The number of amides is 2. The first-order valence-corrected chi connectivity index (χ1v) is 6.96. The molecule has 1 atom stereocenters. The number of benzene rings is 1. The van der Waals surface area contributed by atoms with Crippen LogP contribution in [0.3, 0.4) is 0 Å². The van der Waals surface area contributed by atoms with Crippen LogP contribution >= 0.6 is 0 Å². The maximum absolute atomic E-state index is 12.7. The van der Waals surface area contributed by atoms with E-state index in [4.69, 9.17) is 0 Å². The maximum atomic E-state index is 12.7. The number of rotatable bonds is 4. The van der Waals surface area contributed by atoms with Gasteiger partial charge in [-0.2, -0.15) is 0 Å². The molecule has 5 heteroatoms. The SMILES string of the molecule is CNCCc1ccccc1C(=O)N1CCNC(=O)C1C. The van der Waals surface area contributed by atoms with E-state index < -0.39 is 6.04 Å². The average Bonchev–Trinajstić information content (AvgIpc) is 2.47. The molecule has 0 aromatic heterocycles. The second kappa shape index (κ2) is 6.52. The minimum atomic E-state index is -0.409. The number of carbonyl (C=O) groups is 2. The largest absolute Gasteiger partial charge is 0.353 e. The van der Waals surface area contributed by atoms with Crippen LogP contribution < -0.4 is 10.6 Å². The first-order chi connectivity index (χ1) is 9.65. The number of hydrogen-bond acceptors (Lipinski definition) is 3. The van der Waals surface area contributed by atoms with Gasteiger partial charge in [-0.05, 0) is 38.6 Å². The molecule has 108 valence electrons. The first kappa shape index (κ1) is 14.5. The van der Waals surface area contributed by atoms with E-state index in [9.17, 15) is 9.59 Å². The van der Waals surface area contributed by atoms with Gasteiger partial charge in [0.05, 0.1) is 0 Å². The zero-order valence-electron chi connectivity index (χ0n) is 12.0. The lowest BCUT2D eigenvalue weighted by Crippen LogP contribution is -2.55. The minimum absolute atomic E-state index is 0.0564. The Morgan fingerprint density at radius 2 is 2.20 bits per heavy atom. The molecule has 2 amide bonds. The Morgan fingerprint density at radius 1 is 1.45 bits per heavy atom. The molecule has 1 aliphatic rings. The Morgan fingerprint density at radius 3 is 2.95 bits per heavy atom. The predicted octanol–water partition coefficient (Wildman–Crippen LogP) is 0.409. The fraction of sp³-hybridized carbons (Fsp3) is 0.467. The minimum Gasteiger partial charge on any atom is -0.353 e. The summed E-state index contributed by atoms with van der Waals surface area (Å²) in [5, 5.41) is 5.86. The van der Waals surface area contributed by atoms with Gasteiger partial charge in [0.2, 0.25) is 5.91 Å². The summed E-state index contributed by atoms with van der Waals surface area (Å²) < 4.78 is 0. The van der Waals surface area contributed by atoms with Crippen molar-refractivity contribution in [1.29, 1.82) is 0 Å². The normalized spacial score (nSPS) is 18.8. The van der Waals surface area contributed by atoms with Crippen molar-refractivity contribution in [3.05, 3.63) is 35.4 Å². The highest BCUT2D eigenvalue weighted by molar-refractivity contribution is 5.99. The summed E-state index contributed by atoms with van der Waals surface area (Å²) in [5.41, 5.74) is 1.72. The average molecular weight is 275 g/mol. The third-order valence-corrected chi connectivity index (χ3v) is 3.65. The van der Waals surface area contributed by atoms with Crippen LogP contribution in [0.5, 0.6) is 0 Å². The van der Waals surface area contributed by atoms with Crippen LogP contribution in [0.2, 0.25) is 0 Å². The fourth-order valence-electron chi connectivity index (χ4n) is 2.42. The van der Waals surface area contributed by atoms with Gasteiger partial charge in [-0.3, -0.25) is 9.59 Å². The molecule has 0 spiro atoms. The van der Waals surface area contributed by atoms with Gasteiger partial charge >= 0.3 is 0 Å².